The van der Waals surface area contributed by atoms with E-state index in [1.54, 1.807) is 12.1 Å². The van der Waals surface area contributed by atoms with E-state index in [1.807, 2.05) is 11.0 Å². The van der Waals surface area contributed by atoms with E-state index >= 15 is 0 Å². The molecular weight excluding hydrogens is 261 g/mol. The lowest BCUT2D eigenvalue weighted by molar-refractivity contribution is 0.166. The smallest absolute Gasteiger partial charge is 0.225 e. The monoisotopic (exact) mass is 271 g/mol. The first-order valence-corrected chi connectivity index (χ1v) is 6.00. The maximum Gasteiger partial charge on any atom is 0.225 e. The van der Waals surface area contributed by atoms with Crippen LogP contribution in [0.1, 0.15) is 5.69 Å². The Hall–Kier alpha value is -2.75. The fraction of sp³-hybridized carbons (Fsp3) is 0.231. The average molecular weight is 271 g/mol. The molecule has 0 spiro atoms. The van der Waals surface area contributed by atoms with E-state index in [0.717, 1.165) is 12.4 Å². The van der Waals surface area contributed by atoms with Gasteiger partial charge in [-0.3, -0.25) is 0 Å². The zero-order chi connectivity index (χ0) is 13.9. The van der Waals surface area contributed by atoms with Gasteiger partial charge in [0.2, 0.25) is 5.95 Å². The molecule has 7 heteroatoms. The summed E-state index contributed by atoms with van der Waals surface area (Å²) in [5.41, 5.74) is 0.320. The van der Waals surface area contributed by atoms with Crippen molar-refractivity contribution in [3.63, 3.8) is 0 Å². The molecule has 0 aromatic carbocycles. The highest BCUT2D eigenvalue weighted by Crippen LogP contribution is 2.21. The van der Waals surface area contributed by atoms with Gasteiger partial charge in [0.15, 0.2) is 5.82 Å². The molecule has 1 aliphatic rings. The summed E-state index contributed by atoms with van der Waals surface area (Å²) < 4.78 is 18.4. The van der Waals surface area contributed by atoms with Crippen LogP contribution in [0.4, 0.5) is 10.3 Å². The van der Waals surface area contributed by atoms with Crippen LogP contribution in [-0.4, -0.2) is 34.1 Å². The SMILES string of the molecule is N#Cc1cc(OC2CN(c3ncc(F)cn3)C2)ccn1. The second-order valence-corrected chi connectivity index (χ2v) is 4.33. The minimum Gasteiger partial charge on any atom is -0.487 e. The number of hydrogen-bond acceptors (Lipinski definition) is 6. The largest absolute Gasteiger partial charge is 0.487 e. The zero-order valence-electron chi connectivity index (χ0n) is 10.4. The third kappa shape index (κ3) is 2.49. The lowest BCUT2D eigenvalue weighted by Gasteiger charge is -2.38. The Labute approximate surface area is 114 Å². The van der Waals surface area contributed by atoms with Gasteiger partial charge in [-0.25, -0.2) is 19.3 Å². The van der Waals surface area contributed by atoms with Crippen LogP contribution in [-0.2, 0) is 0 Å². The average Bonchev–Trinajstić information content (AvgIpc) is 2.44. The molecular formula is C13H10FN5O. The summed E-state index contributed by atoms with van der Waals surface area (Å²) in [6, 6.07) is 5.26. The van der Waals surface area contributed by atoms with Gasteiger partial charge in [0.05, 0.1) is 25.5 Å². The number of anilines is 1. The fourth-order valence-electron chi connectivity index (χ4n) is 1.88. The van der Waals surface area contributed by atoms with E-state index in [9.17, 15) is 4.39 Å². The van der Waals surface area contributed by atoms with Crippen molar-refractivity contribution in [3.05, 3.63) is 42.2 Å². The molecule has 1 aliphatic heterocycles. The van der Waals surface area contributed by atoms with Crippen molar-refractivity contribution in [1.29, 1.82) is 5.26 Å². The second kappa shape index (κ2) is 5.09. The van der Waals surface area contributed by atoms with Crippen LogP contribution < -0.4 is 9.64 Å². The van der Waals surface area contributed by atoms with Gasteiger partial charge in [0.1, 0.15) is 23.6 Å². The maximum atomic E-state index is 12.7. The number of nitriles is 1. The van der Waals surface area contributed by atoms with Crippen molar-refractivity contribution in [2.24, 2.45) is 0 Å². The van der Waals surface area contributed by atoms with Crippen LogP contribution in [0, 0.1) is 17.1 Å². The Morgan fingerprint density at radius 3 is 2.75 bits per heavy atom. The summed E-state index contributed by atoms with van der Waals surface area (Å²) in [6.07, 6.45) is 3.81. The standard InChI is InChI=1S/C13H10FN5O/c14-9-5-17-13(18-6-9)19-7-12(8-19)20-11-1-2-16-10(3-11)4-15/h1-3,5-6,12H,7-8H2. The molecule has 0 aliphatic carbocycles. The Morgan fingerprint density at radius 2 is 2.05 bits per heavy atom. The minimum absolute atomic E-state index is 0.00223. The summed E-state index contributed by atoms with van der Waals surface area (Å²) in [4.78, 5) is 13.6. The number of pyridine rings is 1. The summed E-state index contributed by atoms with van der Waals surface area (Å²) in [6.45, 7) is 1.24. The lowest BCUT2D eigenvalue weighted by Crippen LogP contribution is -2.54. The topological polar surface area (TPSA) is 74.9 Å². The summed E-state index contributed by atoms with van der Waals surface area (Å²) >= 11 is 0. The maximum absolute atomic E-state index is 12.7. The summed E-state index contributed by atoms with van der Waals surface area (Å²) in [5, 5.41) is 8.76. The molecule has 3 rings (SSSR count). The summed E-state index contributed by atoms with van der Waals surface area (Å²) in [7, 11) is 0. The van der Waals surface area contributed by atoms with Crippen molar-refractivity contribution in [2.45, 2.75) is 6.10 Å². The second-order valence-electron chi connectivity index (χ2n) is 4.33. The van der Waals surface area contributed by atoms with Gasteiger partial charge < -0.3 is 9.64 Å². The van der Waals surface area contributed by atoms with Crippen molar-refractivity contribution < 1.29 is 9.13 Å². The number of hydrogen-bond donors (Lipinski definition) is 0. The first kappa shape index (κ1) is 12.3. The first-order valence-electron chi connectivity index (χ1n) is 6.00. The van der Waals surface area contributed by atoms with Gasteiger partial charge in [-0.15, -0.1) is 0 Å². The highest BCUT2D eigenvalue weighted by Gasteiger charge is 2.30. The number of nitrogens with zero attached hydrogens (tertiary/aromatic N) is 5. The van der Waals surface area contributed by atoms with E-state index in [0.29, 0.717) is 30.5 Å². The normalized spacial score (nSPS) is 14.5. The van der Waals surface area contributed by atoms with Crippen LogP contribution >= 0.6 is 0 Å². The quantitative estimate of drug-likeness (QED) is 0.833. The molecule has 0 amide bonds. The van der Waals surface area contributed by atoms with Gasteiger partial charge in [-0.05, 0) is 6.07 Å². The van der Waals surface area contributed by atoms with Crippen LogP contribution in [0.3, 0.4) is 0 Å². The Balaban J connectivity index is 1.58. The molecule has 20 heavy (non-hydrogen) atoms. The number of rotatable bonds is 3. The third-order valence-electron chi connectivity index (χ3n) is 2.89. The number of halogens is 1. The van der Waals surface area contributed by atoms with Gasteiger partial charge in [0, 0.05) is 12.3 Å². The van der Waals surface area contributed by atoms with Crippen molar-refractivity contribution in [1.82, 2.24) is 15.0 Å². The van der Waals surface area contributed by atoms with Crippen LogP contribution in [0.2, 0.25) is 0 Å². The fourth-order valence-corrected chi connectivity index (χ4v) is 1.88. The van der Waals surface area contributed by atoms with Gasteiger partial charge >= 0.3 is 0 Å². The van der Waals surface area contributed by atoms with E-state index in [1.165, 1.54) is 6.20 Å². The van der Waals surface area contributed by atoms with E-state index < -0.39 is 5.82 Å². The molecule has 0 atom stereocenters. The molecule has 0 unspecified atom stereocenters. The number of ether oxygens (including phenoxy) is 1. The molecule has 1 saturated heterocycles. The molecule has 0 radical (unpaired) electrons. The van der Waals surface area contributed by atoms with Crippen molar-refractivity contribution in [2.75, 3.05) is 18.0 Å². The molecule has 0 saturated carbocycles. The van der Waals surface area contributed by atoms with E-state index in [2.05, 4.69) is 15.0 Å². The minimum atomic E-state index is -0.456. The van der Waals surface area contributed by atoms with Gasteiger partial charge in [-0.1, -0.05) is 0 Å². The van der Waals surface area contributed by atoms with Gasteiger partial charge in [-0.2, -0.15) is 5.26 Å². The van der Waals surface area contributed by atoms with Crippen LogP contribution in [0.15, 0.2) is 30.7 Å². The zero-order valence-corrected chi connectivity index (χ0v) is 10.4. The molecule has 2 aromatic heterocycles. The van der Waals surface area contributed by atoms with Crippen LogP contribution in [0.5, 0.6) is 5.75 Å². The van der Waals surface area contributed by atoms with Crippen molar-refractivity contribution >= 4 is 5.95 Å². The Bertz CT molecular complexity index is 649. The van der Waals surface area contributed by atoms with E-state index in [-0.39, 0.29) is 6.10 Å². The highest BCUT2D eigenvalue weighted by atomic mass is 19.1. The predicted molar refractivity (Wildman–Crippen MR) is 67.6 cm³/mol. The molecule has 1 fully saturated rings. The molecule has 6 nitrogen and oxygen atoms in total. The molecule has 0 N–H and O–H groups in total. The Kier molecular flexibility index (Phi) is 3.13. The molecule has 0 bridgehead atoms. The molecule has 3 heterocycles. The van der Waals surface area contributed by atoms with Crippen LogP contribution in [0.25, 0.3) is 0 Å². The van der Waals surface area contributed by atoms with Crippen molar-refractivity contribution in [3.8, 4) is 11.8 Å². The highest BCUT2D eigenvalue weighted by molar-refractivity contribution is 5.35. The van der Waals surface area contributed by atoms with Gasteiger partial charge in [0.25, 0.3) is 0 Å². The third-order valence-corrected chi connectivity index (χ3v) is 2.89. The molecule has 2 aromatic rings. The summed E-state index contributed by atoms with van der Waals surface area (Å²) in [5.74, 6) is 0.641. The number of aromatic nitrogens is 3. The van der Waals surface area contributed by atoms with E-state index in [4.69, 9.17) is 10.00 Å². The first-order chi connectivity index (χ1) is 9.74. The lowest BCUT2D eigenvalue weighted by atomic mass is 10.2. The Morgan fingerprint density at radius 1 is 1.30 bits per heavy atom. The molecule has 100 valence electrons. The predicted octanol–water partition coefficient (Wildman–Crippen LogP) is 1.15.